The quantitative estimate of drug-likeness (QED) is 0.0737. The van der Waals surface area contributed by atoms with E-state index in [-0.39, 0.29) is 31.1 Å². The van der Waals surface area contributed by atoms with Gasteiger partial charge >= 0.3 is 11.9 Å². The van der Waals surface area contributed by atoms with Gasteiger partial charge in [-0.2, -0.15) is 0 Å². The van der Waals surface area contributed by atoms with Crippen LogP contribution in [-0.4, -0.2) is 110 Å². The van der Waals surface area contributed by atoms with Crippen LogP contribution in [0, 0.1) is 0 Å². The minimum atomic E-state index is -2.56. The van der Waals surface area contributed by atoms with Crippen LogP contribution in [0.4, 0.5) is 0 Å². The molecule has 0 unspecified atom stereocenters. The van der Waals surface area contributed by atoms with E-state index in [1.54, 1.807) is 0 Å². The molecule has 0 bridgehead atoms. The largest absolute Gasteiger partial charge is 0.476 e. The first kappa shape index (κ1) is 38.2. The number of carbonyl (C=O) groups excluding carboxylic acids is 2. The highest BCUT2D eigenvalue weighted by molar-refractivity contribution is 6.99. The van der Waals surface area contributed by atoms with Crippen molar-refractivity contribution < 1.29 is 52.3 Å². The van der Waals surface area contributed by atoms with Crippen molar-refractivity contribution in [3.05, 3.63) is 60.7 Å². The van der Waals surface area contributed by atoms with Gasteiger partial charge in [0, 0.05) is 6.42 Å². The Morgan fingerprint density at radius 3 is 1.33 bits per heavy atom. The Morgan fingerprint density at radius 2 is 0.956 bits per heavy atom. The van der Waals surface area contributed by atoms with E-state index in [1.807, 2.05) is 12.1 Å². The minimum Gasteiger partial charge on any atom is -0.476 e. The summed E-state index contributed by atoms with van der Waals surface area (Å²) < 4.78 is 39.2. The number of ketones is 1. The molecule has 0 saturated heterocycles. The maximum Gasteiger partial charge on any atom is 0.372 e. The zero-order chi connectivity index (χ0) is 32.8. The number of esters is 1. The van der Waals surface area contributed by atoms with Crippen molar-refractivity contribution in [1.82, 2.24) is 0 Å². The van der Waals surface area contributed by atoms with E-state index >= 15 is 0 Å². The Balaban J connectivity index is 1.47. The normalized spacial score (nSPS) is 11.8. The van der Waals surface area contributed by atoms with Gasteiger partial charge in [0.1, 0.15) is 6.61 Å². The summed E-state index contributed by atoms with van der Waals surface area (Å²) in [5, 5.41) is 10.9. The van der Waals surface area contributed by atoms with Crippen molar-refractivity contribution in [3.63, 3.8) is 0 Å². The van der Waals surface area contributed by atoms with Gasteiger partial charge < -0.3 is 38.0 Å². The molecule has 2 aromatic carbocycles. The highest BCUT2D eigenvalue weighted by Crippen LogP contribution is 2.36. The van der Waals surface area contributed by atoms with Crippen LogP contribution < -0.4 is 10.4 Å². The van der Waals surface area contributed by atoms with Crippen molar-refractivity contribution in [2.75, 3.05) is 79.3 Å². The number of hydrogen-bond acceptors (Lipinski definition) is 10. The molecule has 2 rings (SSSR count). The lowest BCUT2D eigenvalue weighted by molar-refractivity contribution is -0.151. The molecule has 0 saturated carbocycles. The smallest absolute Gasteiger partial charge is 0.372 e. The van der Waals surface area contributed by atoms with E-state index in [4.69, 9.17) is 38.0 Å². The van der Waals surface area contributed by atoms with Crippen molar-refractivity contribution in [1.29, 1.82) is 0 Å². The summed E-state index contributed by atoms with van der Waals surface area (Å²) >= 11 is 0. The predicted octanol–water partition coefficient (Wildman–Crippen LogP) is 2.62. The fraction of sp³-hybridized carbons (Fsp3) is 0.545. The Hall–Kier alpha value is -2.97. The van der Waals surface area contributed by atoms with Gasteiger partial charge in [0.25, 0.3) is 8.32 Å². The van der Waals surface area contributed by atoms with Crippen LogP contribution in [0.1, 0.15) is 33.6 Å². The van der Waals surface area contributed by atoms with Crippen LogP contribution in [0.25, 0.3) is 0 Å². The Bertz CT molecular complexity index is 1070. The van der Waals surface area contributed by atoms with Crippen LogP contribution in [0.3, 0.4) is 0 Å². The molecule has 250 valence electrons. The van der Waals surface area contributed by atoms with E-state index < -0.39 is 26.0 Å². The average molecular weight is 649 g/mol. The number of hydrogen-bond donors (Lipinski definition) is 1. The number of carboxylic acid groups (broad SMARTS) is 1. The second kappa shape index (κ2) is 21.7. The van der Waals surface area contributed by atoms with Crippen molar-refractivity contribution in [3.8, 4) is 0 Å². The third-order valence-corrected chi connectivity index (χ3v) is 11.8. The summed E-state index contributed by atoms with van der Waals surface area (Å²) in [4.78, 5) is 32.7. The third kappa shape index (κ3) is 14.3. The minimum absolute atomic E-state index is 0.0178. The summed E-state index contributed by atoms with van der Waals surface area (Å²) in [5.41, 5.74) is 0. The average Bonchev–Trinajstić information content (AvgIpc) is 3.03. The fourth-order valence-corrected chi connectivity index (χ4v) is 9.15. The van der Waals surface area contributed by atoms with E-state index in [9.17, 15) is 14.4 Å². The number of Topliss-reactive ketones (excluding diaryl/α,β-unsaturated/α-hetero) is 1. The van der Waals surface area contributed by atoms with E-state index in [0.717, 1.165) is 0 Å². The van der Waals surface area contributed by atoms with Gasteiger partial charge in [0.05, 0.1) is 79.1 Å². The van der Waals surface area contributed by atoms with Gasteiger partial charge in [0.15, 0.2) is 0 Å². The lowest BCUT2D eigenvalue weighted by Gasteiger charge is -2.43. The molecular formula is C33H48O11Si. The molecule has 12 heteroatoms. The molecule has 0 atom stereocenters. The molecule has 0 aliphatic rings. The molecule has 45 heavy (non-hydrogen) atoms. The van der Waals surface area contributed by atoms with E-state index in [0.29, 0.717) is 66.1 Å². The van der Waals surface area contributed by atoms with E-state index in [1.165, 1.54) is 10.4 Å². The third-order valence-electron chi connectivity index (χ3n) is 6.74. The van der Waals surface area contributed by atoms with E-state index in [2.05, 4.69) is 69.3 Å². The standard InChI is InChI=1S/C33H48O11Si/c1-33(2,3)45(28-10-6-4-7-11-28,29-12-8-5-9-13-29)44-27-25-42-23-21-40-19-17-38-16-18-39-20-22-41-24-26-43-31(35)15-14-30(34)32(36)37/h4-13H,14-27H2,1-3H3,(H,36,37). The number of ether oxygens (including phenoxy) is 6. The van der Waals surface area contributed by atoms with Crippen molar-refractivity contribution in [2.45, 2.75) is 38.7 Å². The van der Waals surface area contributed by atoms with Crippen LogP contribution in [0.5, 0.6) is 0 Å². The van der Waals surface area contributed by atoms with Gasteiger partial charge in [-0.25, -0.2) is 4.79 Å². The van der Waals surface area contributed by atoms with Crippen LogP contribution in [-0.2, 0) is 47.2 Å². The van der Waals surface area contributed by atoms with Crippen molar-refractivity contribution in [2.24, 2.45) is 0 Å². The predicted molar refractivity (Wildman–Crippen MR) is 171 cm³/mol. The Labute approximate surface area is 267 Å². The summed E-state index contributed by atoms with van der Waals surface area (Å²) in [7, 11) is -2.56. The highest BCUT2D eigenvalue weighted by atomic mass is 28.4. The molecule has 0 aromatic heterocycles. The molecule has 0 heterocycles. The second-order valence-electron chi connectivity index (χ2n) is 11.0. The first-order valence-corrected chi connectivity index (χ1v) is 17.1. The molecule has 1 N–H and O–H groups in total. The van der Waals surface area contributed by atoms with Crippen molar-refractivity contribution >= 4 is 36.4 Å². The van der Waals surface area contributed by atoms with Crippen LogP contribution in [0.15, 0.2) is 60.7 Å². The van der Waals surface area contributed by atoms with Gasteiger partial charge in [0.2, 0.25) is 5.78 Å². The summed E-state index contributed by atoms with van der Waals surface area (Å²) in [6, 6.07) is 21.1. The van der Waals surface area contributed by atoms with Crippen LogP contribution in [0.2, 0.25) is 5.04 Å². The first-order chi connectivity index (χ1) is 21.7. The molecule has 0 fully saturated rings. The molecule has 0 spiro atoms. The van der Waals surface area contributed by atoms with Gasteiger partial charge in [-0.1, -0.05) is 81.4 Å². The maximum atomic E-state index is 11.4. The second-order valence-corrected chi connectivity index (χ2v) is 15.3. The molecule has 0 amide bonds. The van der Waals surface area contributed by atoms with Gasteiger partial charge in [-0.15, -0.1) is 0 Å². The summed E-state index contributed by atoms with van der Waals surface area (Å²) in [5.74, 6) is -3.22. The number of aliphatic carboxylic acids is 1. The zero-order valence-electron chi connectivity index (χ0n) is 26.7. The number of carboxylic acids is 1. The summed E-state index contributed by atoms with van der Waals surface area (Å²) in [6.07, 6.45) is -0.653. The monoisotopic (exact) mass is 648 g/mol. The lowest BCUT2D eigenvalue weighted by atomic mass is 10.2. The lowest BCUT2D eigenvalue weighted by Crippen LogP contribution is -2.66. The molecule has 0 aliphatic heterocycles. The SMILES string of the molecule is CC(C)(C)[Si](OCCOCCOCCOCCOCCOCCOC(=O)CCC(=O)C(=O)O)(c1ccccc1)c1ccccc1. The topological polar surface area (TPSA) is 136 Å². The van der Waals surface area contributed by atoms with Gasteiger partial charge in [-0.05, 0) is 15.4 Å². The Morgan fingerprint density at radius 1 is 0.578 bits per heavy atom. The number of carbonyl (C=O) groups is 3. The molecule has 0 radical (unpaired) electrons. The molecule has 2 aromatic rings. The van der Waals surface area contributed by atoms with Crippen LogP contribution >= 0.6 is 0 Å². The molecular weight excluding hydrogens is 600 g/mol. The first-order valence-electron chi connectivity index (χ1n) is 15.2. The highest BCUT2D eigenvalue weighted by Gasteiger charge is 2.50. The van der Waals surface area contributed by atoms with Gasteiger partial charge in [-0.3, -0.25) is 9.59 Å². The number of benzene rings is 2. The maximum absolute atomic E-state index is 11.4. The summed E-state index contributed by atoms with van der Waals surface area (Å²) in [6.45, 7) is 11.3. The fourth-order valence-electron chi connectivity index (χ4n) is 4.61. The number of rotatable bonds is 25. The zero-order valence-corrected chi connectivity index (χ0v) is 27.7. The molecule has 11 nitrogen and oxygen atoms in total. The Kier molecular flexibility index (Phi) is 18.4. The molecule has 0 aliphatic carbocycles.